The molecule has 10 heteroatoms. The summed E-state index contributed by atoms with van der Waals surface area (Å²) in [6.45, 7) is 6.40. The predicted molar refractivity (Wildman–Crippen MR) is 79.2 cm³/mol. The van der Waals surface area contributed by atoms with Gasteiger partial charge in [0.1, 0.15) is 0 Å². The van der Waals surface area contributed by atoms with Crippen LogP contribution in [0.3, 0.4) is 0 Å². The Bertz CT molecular complexity index is 665. The van der Waals surface area contributed by atoms with Gasteiger partial charge in [0.15, 0.2) is 5.82 Å². The number of nitrogens with one attached hydrogen (secondary N) is 3. The highest BCUT2D eigenvalue weighted by Gasteiger charge is 2.22. The van der Waals surface area contributed by atoms with Gasteiger partial charge in [-0.05, 0) is 13.0 Å². The van der Waals surface area contributed by atoms with Crippen LogP contribution < -0.4 is 10.0 Å². The lowest BCUT2D eigenvalue weighted by Crippen LogP contribution is -2.27. The number of rotatable bonds is 7. The van der Waals surface area contributed by atoms with Crippen LogP contribution in [-0.2, 0) is 16.6 Å². The molecule has 0 aliphatic rings. The van der Waals surface area contributed by atoms with Gasteiger partial charge in [-0.2, -0.15) is 5.21 Å². The third-order valence-electron chi connectivity index (χ3n) is 2.71. The number of hydrogen-bond donors (Lipinski definition) is 3. The van der Waals surface area contributed by atoms with Crippen LogP contribution in [-0.4, -0.2) is 35.1 Å². The van der Waals surface area contributed by atoms with E-state index in [4.69, 9.17) is 0 Å². The van der Waals surface area contributed by atoms with E-state index in [-0.39, 0.29) is 4.90 Å². The molecule has 2 rings (SSSR count). The van der Waals surface area contributed by atoms with Crippen LogP contribution in [0.15, 0.2) is 16.3 Å². The number of hydrogen-bond acceptors (Lipinski definition) is 7. The van der Waals surface area contributed by atoms with E-state index in [0.717, 1.165) is 4.88 Å². The maximum atomic E-state index is 12.3. The smallest absolute Gasteiger partial charge is 0.242 e. The highest BCUT2D eigenvalue weighted by atomic mass is 32.2. The molecule has 1 atom stereocenters. The van der Waals surface area contributed by atoms with E-state index in [1.54, 1.807) is 18.4 Å². The summed E-state index contributed by atoms with van der Waals surface area (Å²) in [4.78, 5) is 1.22. The van der Waals surface area contributed by atoms with Gasteiger partial charge in [0.2, 0.25) is 10.0 Å². The molecule has 0 spiro atoms. The van der Waals surface area contributed by atoms with E-state index < -0.39 is 16.1 Å². The molecular weight excluding hydrogens is 312 g/mol. The average Bonchev–Trinajstić information content (AvgIpc) is 3.07. The van der Waals surface area contributed by atoms with Gasteiger partial charge in [-0.25, -0.2) is 13.1 Å². The zero-order valence-electron chi connectivity index (χ0n) is 12.0. The van der Waals surface area contributed by atoms with Crippen molar-refractivity contribution in [2.24, 2.45) is 0 Å². The number of thiophene rings is 1. The molecule has 0 aliphatic heterocycles. The largest absolute Gasteiger partial charge is 0.310 e. The topological polar surface area (TPSA) is 113 Å². The molecule has 0 amide bonds. The van der Waals surface area contributed by atoms with Crippen molar-refractivity contribution in [1.82, 2.24) is 30.7 Å². The standard InChI is InChI=1S/C11H18N6O2S2/c1-7(2)12-5-9-4-10(6-20-9)21(18,19)15-8(3)11-13-16-17-14-11/h4,6-8,12,15H,5H2,1-3H3,(H,13,14,16,17). The van der Waals surface area contributed by atoms with Crippen molar-refractivity contribution in [2.75, 3.05) is 0 Å². The summed E-state index contributed by atoms with van der Waals surface area (Å²) in [5.74, 6) is 0.301. The van der Waals surface area contributed by atoms with Crippen LogP contribution in [0.1, 0.15) is 37.5 Å². The molecule has 0 saturated heterocycles. The minimum absolute atomic E-state index is 0.253. The van der Waals surface area contributed by atoms with Gasteiger partial charge in [0.25, 0.3) is 0 Å². The normalized spacial score (nSPS) is 13.7. The number of H-pyrrole nitrogens is 1. The minimum atomic E-state index is -3.59. The summed E-state index contributed by atoms with van der Waals surface area (Å²) >= 11 is 1.41. The Balaban J connectivity index is 2.05. The molecule has 0 radical (unpaired) electrons. The van der Waals surface area contributed by atoms with E-state index in [0.29, 0.717) is 18.4 Å². The molecule has 3 N–H and O–H groups in total. The van der Waals surface area contributed by atoms with Crippen LogP contribution in [0.25, 0.3) is 0 Å². The first-order valence-electron chi connectivity index (χ1n) is 6.45. The lowest BCUT2D eigenvalue weighted by Gasteiger charge is -2.09. The summed E-state index contributed by atoms with van der Waals surface area (Å²) in [6.07, 6.45) is 0. The number of nitrogens with zero attached hydrogens (tertiary/aromatic N) is 3. The fraction of sp³-hybridized carbons (Fsp3) is 0.545. The Hall–Kier alpha value is -1.36. The molecule has 0 bridgehead atoms. The molecule has 0 saturated carbocycles. The SMILES string of the molecule is CC(C)NCc1cc(S(=O)(=O)NC(C)c2nn[nH]n2)cs1. The van der Waals surface area contributed by atoms with Gasteiger partial charge in [-0.1, -0.05) is 19.1 Å². The molecular formula is C11H18N6O2S2. The van der Waals surface area contributed by atoms with Crippen LogP contribution in [0.5, 0.6) is 0 Å². The molecule has 8 nitrogen and oxygen atoms in total. The Kier molecular flexibility index (Phi) is 5.04. The summed E-state index contributed by atoms with van der Waals surface area (Å²) in [5, 5.41) is 18.1. The van der Waals surface area contributed by atoms with E-state index >= 15 is 0 Å². The second kappa shape index (κ2) is 6.60. The van der Waals surface area contributed by atoms with Crippen molar-refractivity contribution in [2.45, 2.75) is 44.3 Å². The van der Waals surface area contributed by atoms with Crippen molar-refractivity contribution < 1.29 is 8.42 Å². The lowest BCUT2D eigenvalue weighted by molar-refractivity contribution is 0.560. The second-order valence-corrected chi connectivity index (χ2v) is 7.61. The first-order chi connectivity index (χ1) is 9.88. The van der Waals surface area contributed by atoms with Crippen LogP contribution in [0.4, 0.5) is 0 Å². The maximum absolute atomic E-state index is 12.3. The summed E-state index contributed by atoms with van der Waals surface area (Å²) in [5.41, 5.74) is 0. The Morgan fingerprint density at radius 1 is 1.38 bits per heavy atom. The zero-order valence-corrected chi connectivity index (χ0v) is 13.6. The van der Waals surface area contributed by atoms with Crippen LogP contribution in [0.2, 0.25) is 0 Å². The number of sulfonamides is 1. The summed E-state index contributed by atoms with van der Waals surface area (Å²) in [6, 6.07) is 1.47. The molecule has 0 fully saturated rings. The van der Waals surface area contributed by atoms with Gasteiger partial charge in [0.05, 0.1) is 10.9 Å². The summed E-state index contributed by atoms with van der Waals surface area (Å²) in [7, 11) is -3.59. The number of aromatic amines is 1. The Morgan fingerprint density at radius 2 is 2.14 bits per heavy atom. The van der Waals surface area contributed by atoms with Crippen molar-refractivity contribution in [3.05, 3.63) is 22.1 Å². The van der Waals surface area contributed by atoms with Crippen molar-refractivity contribution in [1.29, 1.82) is 0 Å². The third-order valence-corrected chi connectivity index (χ3v) is 5.31. The summed E-state index contributed by atoms with van der Waals surface area (Å²) < 4.78 is 27.1. The minimum Gasteiger partial charge on any atom is -0.310 e. The van der Waals surface area contributed by atoms with Crippen molar-refractivity contribution in [3.8, 4) is 0 Å². The first-order valence-corrected chi connectivity index (χ1v) is 8.81. The van der Waals surface area contributed by atoms with E-state index in [9.17, 15) is 8.42 Å². The van der Waals surface area contributed by atoms with E-state index in [1.165, 1.54) is 11.3 Å². The highest BCUT2D eigenvalue weighted by Crippen LogP contribution is 2.21. The quantitative estimate of drug-likeness (QED) is 0.692. The molecule has 116 valence electrons. The van der Waals surface area contributed by atoms with E-state index in [2.05, 4.69) is 30.7 Å². The average molecular weight is 330 g/mol. The Morgan fingerprint density at radius 3 is 2.76 bits per heavy atom. The van der Waals surface area contributed by atoms with Crippen molar-refractivity contribution in [3.63, 3.8) is 0 Å². The predicted octanol–water partition coefficient (Wildman–Crippen LogP) is 0.799. The fourth-order valence-electron chi connectivity index (χ4n) is 1.61. The van der Waals surface area contributed by atoms with Gasteiger partial charge < -0.3 is 5.32 Å². The molecule has 21 heavy (non-hydrogen) atoms. The Labute approximate surface area is 127 Å². The van der Waals surface area contributed by atoms with Crippen LogP contribution in [0, 0.1) is 0 Å². The molecule has 1 unspecified atom stereocenters. The highest BCUT2D eigenvalue weighted by molar-refractivity contribution is 7.89. The molecule has 2 aromatic rings. The van der Waals surface area contributed by atoms with Crippen LogP contribution >= 0.6 is 11.3 Å². The molecule has 2 aromatic heterocycles. The first kappa shape index (κ1) is 16.0. The third kappa shape index (κ3) is 4.30. The maximum Gasteiger partial charge on any atom is 0.242 e. The van der Waals surface area contributed by atoms with Gasteiger partial charge in [-0.3, -0.25) is 0 Å². The van der Waals surface area contributed by atoms with Gasteiger partial charge >= 0.3 is 0 Å². The molecule has 2 heterocycles. The fourth-order valence-corrected chi connectivity index (χ4v) is 4.03. The van der Waals surface area contributed by atoms with Gasteiger partial charge in [0, 0.05) is 22.8 Å². The lowest BCUT2D eigenvalue weighted by atomic mass is 10.4. The molecule has 0 aromatic carbocycles. The van der Waals surface area contributed by atoms with E-state index in [1.807, 2.05) is 13.8 Å². The number of tetrazole rings is 1. The number of aromatic nitrogens is 4. The zero-order chi connectivity index (χ0) is 15.5. The molecule has 0 aliphatic carbocycles. The monoisotopic (exact) mass is 330 g/mol. The van der Waals surface area contributed by atoms with Gasteiger partial charge in [-0.15, -0.1) is 21.5 Å². The van der Waals surface area contributed by atoms with Crippen molar-refractivity contribution >= 4 is 21.4 Å². The second-order valence-electron chi connectivity index (χ2n) is 4.90.